The first-order valence-corrected chi connectivity index (χ1v) is 22.4. The Morgan fingerprint density at radius 2 is 1.55 bits per heavy atom. The molecule has 0 aliphatic heterocycles. The van der Waals surface area contributed by atoms with Gasteiger partial charge in [0, 0.05) is 9.27 Å². The lowest BCUT2D eigenvalue weighted by Crippen LogP contribution is -2.63. The molecule has 0 saturated heterocycles. The first kappa shape index (κ1) is 42.5. The Labute approximate surface area is 359 Å². The second kappa shape index (κ2) is 14.2. The Morgan fingerprint density at radius 1 is 0.867 bits per heavy atom. The van der Waals surface area contributed by atoms with Crippen LogP contribution in [0.3, 0.4) is 0 Å². The lowest BCUT2D eigenvalue weighted by atomic mass is 9.47. The summed E-state index contributed by atoms with van der Waals surface area (Å²) >= 11 is 0. The van der Waals surface area contributed by atoms with E-state index in [9.17, 15) is 24.0 Å². The van der Waals surface area contributed by atoms with Crippen LogP contribution in [0.1, 0.15) is 129 Å². The fourth-order valence-corrected chi connectivity index (χ4v) is 14.1. The number of hydrogen-bond acceptors (Lipinski definition) is 8. The van der Waals surface area contributed by atoms with Crippen molar-refractivity contribution in [3.05, 3.63) is 71.3 Å². The zero-order chi connectivity index (χ0) is 43.5. The predicted molar refractivity (Wildman–Crippen MR) is 231 cm³/mol. The normalized spacial score (nSPS) is 37.8. The number of carbonyl (C=O) groups is 5. The van der Waals surface area contributed by atoms with Gasteiger partial charge in [0.2, 0.25) is 5.91 Å². The maximum Gasteiger partial charge on any atom is 0.408 e. The number of Topliss-reactive ketones (excluding diaryl/α,β-unsaturated/α-hetero) is 1. The van der Waals surface area contributed by atoms with Crippen molar-refractivity contribution in [2.45, 2.75) is 149 Å². The van der Waals surface area contributed by atoms with Gasteiger partial charge in [0.1, 0.15) is 23.9 Å². The number of carbonyl (C=O) groups excluding carboxylic acids is 5. The second-order valence-corrected chi connectivity index (χ2v) is 21.8. The van der Waals surface area contributed by atoms with E-state index in [1.165, 1.54) is 0 Å². The molecule has 10 nitrogen and oxygen atoms in total. The smallest absolute Gasteiger partial charge is 0.408 e. The van der Waals surface area contributed by atoms with E-state index < -0.39 is 40.7 Å². The monoisotopic (exact) mass is 827 g/mol. The maximum atomic E-state index is 14.2. The summed E-state index contributed by atoms with van der Waals surface area (Å²) in [5.41, 5.74) is 1.77. The summed E-state index contributed by atoms with van der Waals surface area (Å²) < 4.78 is 17.3. The largest absolute Gasteiger partial charge is 0.460 e. The third-order valence-corrected chi connectivity index (χ3v) is 16.8. The number of amides is 2. The van der Waals surface area contributed by atoms with Gasteiger partial charge in [0.25, 0.3) is 0 Å². The van der Waals surface area contributed by atoms with Crippen LogP contribution in [0.25, 0.3) is 0 Å². The first-order chi connectivity index (χ1) is 28.0. The van der Waals surface area contributed by atoms with Gasteiger partial charge < -0.3 is 24.8 Å². The molecular formula is C50H70N2O8. The Kier molecular flexibility index (Phi) is 10.0. The van der Waals surface area contributed by atoms with E-state index in [4.69, 9.17) is 14.2 Å². The van der Waals surface area contributed by atoms with Crippen LogP contribution in [0.2, 0.25) is 0 Å². The maximum absolute atomic E-state index is 14.2. The molecule has 1 aromatic rings. The number of rotatable bonds is 9. The minimum absolute atomic E-state index is 0. The lowest BCUT2D eigenvalue weighted by molar-refractivity contribution is -0.161. The fourth-order valence-electron chi connectivity index (χ4n) is 14.1. The molecule has 328 valence electrons. The third-order valence-electron chi connectivity index (χ3n) is 16.8. The highest BCUT2D eigenvalue weighted by Gasteiger charge is 2.85. The van der Waals surface area contributed by atoms with Crippen molar-refractivity contribution in [3.63, 3.8) is 0 Å². The van der Waals surface area contributed by atoms with Crippen LogP contribution < -0.4 is 10.6 Å². The van der Waals surface area contributed by atoms with Crippen molar-refractivity contribution in [3.8, 4) is 0 Å². The van der Waals surface area contributed by atoms with E-state index in [1.807, 2.05) is 30.3 Å². The quantitative estimate of drug-likeness (QED) is 0.143. The molecule has 7 aliphatic rings. The molecule has 10 heteroatoms. The van der Waals surface area contributed by atoms with Gasteiger partial charge in [-0.2, -0.15) is 0 Å². The summed E-state index contributed by atoms with van der Waals surface area (Å²) in [5, 5.41) is 6.19. The molecule has 2 amide bonds. The number of nitrogens with one attached hydrogen (secondary N) is 2. The molecule has 1 spiro atoms. The summed E-state index contributed by atoms with van der Waals surface area (Å²) in [5.74, 6) is -0.717. The van der Waals surface area contributed by atoms with Gasteiger partial charge in [-0.1, -0.05) is 71.2 Å². The predicted octanol–water partition coefficient (Wildman–Crippen LogP) is 9.23. The number of hydrogen-bond donors (Lipinski definition) is 2. The number of allylic oxidation sites excluding steroid dienone is 1. The number of ether oxygens (including phenoxy) is 3. The minimum Gasteiger partial charge on any atom is -0.460 e. The molecule has 11 atom stereocenters. The number of fused-ring (bicyclic) bond motifs is 4. The van der Waals surface area contributed by atoms with Crippen LogP contribution in [-0.4, -0.2) is 52.5 Å². The average molecular weight is 827 g/mol. The van der Waals surface area contributed by atoms with E-state index in [2.05, 4.69) is 51.5 Å². The molecule has 0 radical (unpaired) electrons. The minimum atomic E-state index is -1.27. The van der Waals surface area contributed by atoms with Crippen molar-refractivity contribution < 1.29 is 41.0 Å². The van der Waals surface area contributed by atoms with Crippen molar-refractivity contribution in [2.75, 3.05) is 0 Å². The molecule has 6 saturated carbocycles. The number of benzene rings is 1. The summed E-state index contributed by atoms with van der Waals surface area (Å²) in [6, 6.07) is 9.53. The average Bonchev–Trinajstić information content (AvgIpc) is 3.53. The van der Waals surface area contributed by atoms with Crippen molar-refractivity contribution in [2.24, 2.45) is 57.7 Å². The van der Waals surface area contributed by atoms with E-state index in [-0.39, 0.29) is 73.5 Å². The van der Waals surface area contributed by atoms with E-state index in [0.29, 0.717) is 36.7 Å². The van der Waals surface area contributed by atoms with E-state index in [0.717, 1.165) is 54.4 Å². The second-order valence-electron chi connectivity index (χ2n) is 21.8. The van der Waals surface area contributed by atoms with E-state index >= 15 is 0 Å². The number of esters is 2. The van der Waals surface area contributed by atoms with Crippen LogP contribution in [0.5, 0.6) is 0 Å². The highest BCUT2D eigenvalue weighted by atomic mass is 16.6. The summed E-state index contributed by atoms with van der Waals surface area (Å²) in [6.07, 6.45) is 5.69. The first-order valence-electron chi connectivity index (χ1n) is 22.4. The fraction of sp³-hybridized carbons (Fsp3) is 0.660. The Hall–Kier alpha value is -4.21. The molecular weight excluding hydrogens is 757 g/mol. The van der Waals surface area contributed by atoms with Gasteiger partial charge in [-0.25, -0.2) is 4.79 Å². The van der Waals surface area contributed by atoms with E-state index in [1.54, 1.807) is 34.6 Å². The van der Waals surface area contributed by atoms with Gasteiger partial charge >= 0.3 is 18.0 Å². The SMILES string of the molecule is C=C1[C@H](C(=O)OCc2ccccc2)C[C@@H]1C(=O)O[C@H]1CC[C@]2(C)[C@H]3CC[C@@H]4C5=C(C(C)C)C(=O)C[C@]5(NC(=O)C(C)(C)NC(=O)OC(C)(C)C)CC[C@]45C(C[C@H]2C1=C)[C@]35C.[HH].[HH]. The topological polar surface area (TPSA) is 137 Å². The van der Waals surface area contributed by atoms with Crippen LogP contribution >= 0.6 is 0 Å². The number of alkyl carbamates (subject to hydrolysis) is 1. The van der Waals surface area contributed by atoms with Gasteiger partial charge in [0.05, 0.1) is 17.4 Å². The molecule has 6 fully saturated rings. The Bertz CT molecular complexity index is 2090. The van der Waals surface area contributed by atoms with Crippen molar-refractivity contribution >= 4 is 29.7 Å². The van der Waals surface area contributed by atoms with Gasteiger partial charge in [-0.15, -0.1) is 0 Å². The van der Waals surface area contributed by atoms with Crippen LogP contribution in [0.15, 0.2) is 65.8 Å². The molecule has 0 bridgehead atoms. The zero-order valence-electron chi connectivity index (χ0n) is 37.3. The van der Waals surface area contributed by atoms with Gasteiger partial charge in [-0.3, -0.25) is 19.2 Å². The Morgan fingerprint density at radius 3 is 2.20 bits per heavy atom. The summed E-state index contributed by atoms with van der Waals surface area (Å²) in [7, 11) is 0. The molecule has 1 unspecified atom stereocenters. The van der Waals surface area contributed by atoms with Crippen molar-refractivity contribution in [1.82, 2.24) is 10.6 Å². The lowest BCUT2D eigenvalue weighted by Gasteiger charge is -2.58. The van der Waals surface area contributed by atoms with Gasteiger partial charge in [0.15, 0.2) is 5.78 Å². The summed E-state index contributed by atoms with van der Waals surface area (Å²) in [4.78, 5) is 67.7. The zero-order valence-corrected chi connectivity index (χ0v) is 37.3. The molecule has 0 aromatic heterocycles. The van der Waals surface area contributed by atoms with Crippen LogP contribution in [0.4, 0.5) is 4.79 Å². The molecule has 8 rings (SSSR count). The molecule has 60 heavy (non-hydrogen) atoms. The summed E-state index contributed by atoms with van der Waals surface area (Å²) in [6.45, 7) is 26.8. The molecule has 0 heterocycles. The molecule has 1 aromatic carbocycles. The number of ketones is 1. The van der Waals surface area contributed by atoms with Crippen LogP contribution in [-0.2, 0) is 40.0 Å². The Balaban J connectivity index is 0.00000321. The van der Waals surface area contributed by atoms with Crippen LogP contribution in [0, 0.1) is 57.7 Å². The van der Waals surface area contributed by atoms with Gasteiger partial charge in [-0.05, 0) is 160 Å². The third kappa shape index (κ3) is 6.34. The highest BCUT2D eigenvalue weighted by molar-refractivity contribution is 6.03. The molecule has 2 N–H and O–H groups in total. The highest BCUT2D eigenvalue weighted by Crippen LogP contribution is 2.90. The van der Waals surface area contributed by atoms with Crippen molar-refractivity contribution in [1.29, 1.82) is 0 Å². The molecule has 7 aliphatic carbocycles. The standard InChI is InChI=1S/C50H66N2O8.2H2/c1-27(2)39-35(53)25-49(51-43(56)46(8,9)52-44(57)60-45(5,6)7)21-22-50-33(40(39)49)17-18-37-47(10)20-19-36(29(4)34(47)24-38(50)48(37,50)11)59-42(55)32-23-31(28(32)3)41(54)58-26-30-15-13-12-14-16-30;;/h12-16,27,31-34,36-38H,3-4,17-26H2,1-2,5-11H3,(H,51,56)(H,52,57);2*1H/t31-,32+,33-,34+,36+,37-,38?,47+,48+,49-,50-;;/m1../s1.